The van der Waals surface area contributed by atoms with E-state index in [4.69, 9.17) is 9.84 Å². The van der Waals surface area contributed by atoms with Gasteiger partial charge < -0.3 is 15.2 Å². The SMILES string of the molecule is COCCC(C)Nc1ccc(C(=O)O)cc1. The molecule has 4 heteroatoms. The van der Waals surface area contributed by atoms with Crippen molar-refractivity contribution in [2.75, 3.05) is 19.0 Å². The molecule has 88 valence electrons. The van der Waals surface area contributed by atoms with E-state index in [1.807, 2.05) is 0 Å². The molecule has 2 N–H and O–H groups in total. The average molecular weight is 223 g/mol. The van der Waals surface area contributed by atoms with Crippen LogP contribution in [0.25, 0.3) is 0 Å². The molecule has 0 radical (unpaired) electrons. The number of hydrogen-bond acceptors (Lipinski definition) is 3. The number of hydrogen-bond donors (Lipinski definition) is 2. The van der Waals surface area contributed by atoms with E-state index in [0.29, 0.717) is 18.2 Å². The van der Waals surface area contributed by atoms with Crippen molar-refractivity contribution in [3.05, 3.63) is 29.8 Å². The lowest BCUT2D eigenvalue weighted by molar-refractivity contribution is 0.0697. The summed E-state index contributed by atoms with van der Waals surface area (Å²) in [6.07, 6.45) is 0.914. The van der Waals surface area contributed by atoms with Crippen LogP contribution in [0.4, 0.5) is 5.69 Å². The first-order chi connectivity index (χ1) is 7.63. The summed E-state index contributed by atoms with van der Waals surface area (Å²) in [4.78, 5) is 10.6. The number of carboxylic acids is 1. The highest BCUT2D eigenvalue weighted by molar-refractivity contribution is 5.87. The number of carboxylic acid groups (broad SMARTS) is 1. The van der Waals surface area contributed by atoms with E-state index in [1.165, 1.54) is 0 Å². The van der Waals surface area contributed by atoms with E-state index >= 15 is 0 Å². The Morgan fingerprint density at radius 1 is 1.44 bits per heavy atom. The van der Waals surface area contributed by atoms with Gasteiger partial charge >= 0.3 is 5.97 Å². The molecule has 0 fully saturated rings. The average Bonchev–Trinajstić information content (AvgIpc) is 2.27. The van der Waals surface area contributed by atoms with Crippen molar-refractivity contribution in [3.63, 3.8) is 0 Å². The summed E-state index contributed by atoms with van der Waals surface area (Å²) >= 11 is 0. The molecule has 1 unspecified atom stereocenters. The Hall–Kier alpha value is -1.55. The van der Waals surface area contributed by atoms with Gasteiger partial charge in [0, 0.05) is 25.4 Å². The van der Waals surface area contributed by atoms with Gasteiger partial charge in [0.25, 0.3) is 0 Å². The monoisotopic (exact) mass is 223 g/mol. The van der Waals surface area contributed by atoms with Crippen LogP contribution in [0.3, 0.4) is 0 Å². The van der Waals surface area contributed by atoms with Crippen LogP contribution in [0.1, 0.15) is 23.7 Å². The van der Waals surface area contributed by atoms with E-state index in [1.54, 1.807) is 31.4 Å². The van der Waals surface area contributed by atoms with Crippen LogP contribution in [0, 0.1) is 0 Å². The van der Waals surface area contributed by atoms with Gasteiger partial charge in [0.15, 0.2) is 0 Å². The number of nitrogens with one attached hydrogen (secondary N) is 1. The maximum Gasteiger partial charge on any atom is 0.335 e. The first-order valence-electron chi connectivity index (χ1n) is 5.22. The van der Waals surface area contributed by atoms with Gasteiger partial charge in [0.1, 0.15) is 0 Å². The molecule has 0 aliphatic carbocycles. The first kappa shape index (κ1) is 12.5. The summed E-state index contributed by atoms with van der Waals surface area (Å²) in [6, 6.07) is 7.02. The van der Waals surface area contributed by atoms with Crippen LogP contribution in [-0.4, -0.2) is 30.8 Å². The molecular weight excluding hydrogens is 206 g/mol. The number of ether oxygens (including phenoxy) is 1. The molecule has 0 saturated heterocycles. The maximum atomic E-state index is 10.6. The standard InChI is InChI=1S/C12H17NO3/c1-9(7-8-16-2)13-11-5-3-10(4-6-11)12(14)15/h3-6,9,13H,7-8H2,1-2H3,(H,14,15). The predicted molar refractivity (Wildman–Crippen MR) is 63.0 cm³/mol. The maximum absolute atomic E-state index is 10.6. The van der Waals surface area contributed by atoms with Crippen molar-refractivity contribution in [1.29, 1.82) is 0 Å². The molecule has 0 aromatic heterocycles. The molecular formula is C12H17NO3. The second-order valence-corrected chi connectivity index (χ2v) is 3.71. The minimum absolute atomic E-state index is 0.301. The van der Waals surface area contributed by atoms with Crippen LogP contribution in [0.2, 0.25) is 0 Å². The number of methoxy groups -OCH3 is 1. The molecule has 0 amide bonds. The fraction of sp³-hybridized carbons (Fsp3) is 0.417. The molecule has 0 saturated carbocycles. The van der Waals surface area contributed by atoms with Gasteiger partial charge in [-0.1, -0.05) is 0 Å². The molecule has 0 aliphatic rings. The second-order valence-electron chi connectivity index (χ2n) is 3.71. The van der Waals surface area contributed by atoms with Crippen molar-refractivity contribution in [2.45, 2.75) is 19.4 Å². The minimum atomic E-state index is -0.904. The Balaban J connectivity index is 2.51. The van der Waals surface area contributed by atoms with Gasteiger partial charge in [-0.2, -0.15) is 0 Å². The van der Waals surface area contributed by atoms with E-state index in [-0.39, 0.29) is 0 Å². The van der Waals surface area contributed by atoms with E-state index in [2.05, 4.69) is 12.2 Å². The largest absolute Gasteiger partial charge is 0.478 e. The Kier molecular flexibility index (Phi) is 4.79. The third-order valence-electron chi connectivity index (χ3n) is 2.30. The van der Waals surface area contributed by atoms with E-state index in [0.717, 1.165) is 12.1 Å². The Labute approximate surface area is 95.2 Å². The summed E-state index contributed by atoms with van der Waals surface area (Å²) in [7, 11) is 1.67. The van der Waals surface area contributed by atoms with Crippen LogP contribution in [-0.2, 0) is 4.74 Å². The quantitative estimate of drug-likeness (QED) is 0.776. The van der Waals surface area contributed by atoms with Gasteiger partial charge in [0.05, 0.1) is 5.56 Å². The molecule has 4 nitrogen and oxygen atoms in total. The fourth-order valence-corrected chi connectivity index (χ4v) is 1.36. The second kappa shape index (κ2) is 6.12. The molecule has 1 rings (SSSR count). The number of rotatable bonds is 6. The molecule has 1 atom stereocenters. The third kappa shape index (κ3) is 3.90. The summed E-state index contributed by atoms with van der Waals surface area (Å²) in [5, 5.41) is 12.0. The van der Waals surface area contributed by atoms with Crippen LogP contribution in [0.5, 0.6) is 0 Å². The van der Waals surface area contributed by atoms with Gasteiger partial charge in [-0.15, -0.1) is 0 Å². The highest BCUT2D eigenvalue weighted by atomic mass is 16.5. The van der Waals surface area contributed by atoms with E-state index in [9.17, 15) is 4.79 Å². The minimum Gasteiger partial charge on any atom is -0.478 e. The van der Waals surface area contributed by atoms with Crippen molar-refractivity contribution < 1.29 is 14.6 Å². The number of aromatic carboxylic acids is 1. The zero-order chi connectivity index (χ0) is 12.0. The van der Waals surface area contributed by atoms with Gasteiger partial charge in [0.2, 0.25) is 0 Å². The highest BCUT2D eigenvalue weighted by Crippen LogP contribution is 2.11. The zero-order valence-corrected chi connectivity index (χ0v) is 9.56. The van der Waals surface area contributed by atoms with Gasteiger partial charge in [-0.05, 0) is 37.6 Å². The van der Waals surface area contributed by atoms with Gasteiger partial charge in [-0.25, -0.2) is 4.79 Å². The lowest BCUT2D eigenvalue weighted by Gasteiger charge is -2.14. The summed E-state index contributed by atoms with van der Waals surface area (Å²) in [6.45, 7) is 2.77. The molecule has 1 aromatic rings. The summed E-state index contributed by atoms with van der Waals surface area (Å²) < 4.78 is 4.98. The first-order valence-corrected chi connectivity index (χ1v) is 5.22. The number of carbonyl (C=O) groups is 1. The topological polar surface area (TPSA) is 58.6 Å². The molecule has 0 spiro atoms. The van der Waals surface area contributed by atoms with Crippen LogP contribution >= 0.6 is 0 Å². The zero-order valence-electron chi connectivity index (χ0n) is 9.56. The van der Waals surface area contributed by atoms with Crippen LogP contribution < -0.4 is 5.32 Å². The molecule has 1 aromatic carbocycles. The highest BCUT2D eigenvalue weighted by Gasteiger charge is 2.04. The van der Waals surface area contributed by atoms with E-state index < -0.39 is 5.97 Å². The Bertz CT molecular complexity index is 335. The van der Waals surface area contributed by atoms with Crippen molar-refractivity contribution in [1.82, 2.24) is 0 Å². The van der Waals surface area contributed by atoms with Crippen LogP contribution in [0.15, 0.2) is 24.3 Å². The predicted octanol–water partition coefficient (Wildman–Crippen LogP) is 2.22. The Morgan fingerprint density at radius 2 is 2.06 bits per heavy atom. The molecule has 16 heavy (non-hydrogen) atoms. The normalized spacial score (nSPS) is 12.1. The molecule has 0 aliphatic heterocycles. The third-order valence-corrected chi connectivity index (χ3v) is 2.30. The smallest absolute Gasteiger partial charge is 0.335 e. The van der Waals surface area contributed by atoms with Crippen molar-refractivity contribution >= 4 is 11.7 Å². The number of benzene rings is 1. The van der Waals surface area contributed by atoms with Crippen molar-refractivity contribution in [2.24, 2.45) is 0 Å². The van der Waals surface area contributed by atoms with Crippen molar-refractivity contribution in [3.8, 4) is 0 Å². The molecule has 0 heterocycles. The molecule has 0 bridgehead atoms. The lowest BCUT2D eigenvalue weighted by atomic mass is 10.2. The van der Waals surface area contributed by atoms with Gasteiger partial charge in [-0.3, -0.25) is 0 Å². The fourth-order valence-electron chi connectivity index (χ4n) is 1.36. The number of anilines is 1. The Morgan fingerprint density at radius 3 is 2.56 bits per heavy atom. The summed E-state index contributed by atoms with van der Waals surface area (Å²) in [5.74, 6) is -0.904. The summed E-state index contributed by atoms with van der Waals surface area (Å²) in [5.41, 5.74) is 1.23. The lowest BCUT2D eigenvalue weighted by Crippen LogP contribution is -2.17.